The quantitative estimate of drug-likeness (QED) is 0.835. The lowest BCUT2D eigenvalue weighted by Crippen LogP contribution is -2.26. The van der Waals surface area contributed by atoms with Gasteiger partial charge < -0.3 is 15.0 Å². The molecule has 2 aromatic carbocycles. The summed E-state index contributed by atoms with van der Waals surface area (Å²) < 4.78 is 40.3. The minimum absolute atomic E-state index is 0.137. The molecule has 5 nitrogen and oxygen atoms in total. The van der Waals surface area contributed by atoms with Crippen LogP contribution >= 0.6 is 0 Å². The van der Waals surface area contributed by atoms with Gasteiger partial charge in [0.2, 0.25) is 5.91 Å². The van der Waals surface area contributed by atoms with Crippen molar-refractivity contribution in [1.29, 1.82) is 0 Å². The van der Waals surface area contributed by atoms with E-state index in [1.807, 2.05) is 0 Å². The number of hydrogen-bond donors (Lipinski definition) is 1. The Bertz CT molecular complexity index is 787. The monoisotopic (exact) mass is 380 g/mol. The van der Waals surface area contributed by atoms with Crippen LogP contribution in [0.1, 0.15) is 28.4 Å². The van der Waals surface area contributed by atoms with E-state index in [1.165, 1.54) is 36.1 Å². The van der Waals surface area contributed by atoms with Gasteiger partial charge >= 0.3 is 6.36 Å². The van der Waals surface area contributed by atoms with Crippen LogP contribution in [-0.4, -0.2) is 30.1 Å². The summed E-state index contributed by atoms with van der Waals surface area (Å²) in [6, 6.07) is 12.2. The number of alkyl halides is 3. The van der Waals surface area contributed by atoms with Gasteiger partial charge in [0, 0.05) is 32.6 Å². The number of benzene rings is 2. The zero-order valence-corrected chi connectivity index (χ0v) is 14.8. The number of amides is 2. The fourth-order valence-corrected chi connectivity index (χ4v) is 2.35. The molecule has 0 saturated heterocycles. The molecule has 8 heteroatoms. The van der Waals surface area contributed by atoms with Crippen molar-refractivity contribution in [3.8, 4) is 5.75 Å². The summed E-state index contributed by atoms with van der Waals surface area (Å²) in [6.45, 7) is 2.04. The second-order valence-electron chi connectivity index (χ2n) is 5.96. The van der Waals surface area contributed by atoms with Crippen LogP contribution < -0.4 is 10.1 Å². The highest BCUT2D eigenvalue weighted by atomic mass is 19.4. The Kier molecular flexibility index (Phi) is 6.44. The van der Waals surface area contributed by atoms with Gasteiger partial charge in [-0.15, -0.1) is 13.2 Å². The van der Waals surface area contributed by atoms with E-state index in [4.69, 9.17) is 0 Å². The molecule has 0 saturated carbocycles. The fraction of sp³-hybridized carbons (Fsp3) is 0.263. The van der Waals surface area contributed by atoms with Crippen LogP contribution in [-0.2, 0) is 17.9 Å². The maximum absolute atomic E-state index is 12.5. The topological polar surface area (TPSA) is 58.6 Å². The molecule has 27 heavy (non-hydrogen) atoms. The summed E-state index contributed by atoms with van der Waals surface area (Å²) in [6.07, 6.45) is -4.74. The summed E-state index contributed by atoms with van der Waals surface area (Å²) in [5.41, 5.74) is 2.01. The molecule has 0 aliphatic rings. The van der Waals surface area contributed by atoms with Gasteiger partial charge in [0.25, 0.3) is 5.91 Å². The summed E-state index contributed by atoms with van der Waals surface area (Å²) >= 11 is 0. The molecule has 0 aromatic heterocycles. The predicted molar refractivity (Wildman–Crippen MR) is 92.9 cm³/mol. The van der Waals surface area contributed by atoms with Gasteiger partial charge in [0.05, 0.1) is 0 Å². The molecule has 144 valence electrons. The molecule has 0 bridgehead atoms. The molecule has 2 amide bonds. The van der Waals surface area contributed by atoms with E-state index in [-0.39, 0.29) is 24.1 Å². The Morgan fingerprint density at radius 3 is 2.07 bits per heavy atom. The molecule has 0 unspecified atom stereocenters. The van der Waals surface area contributed by atoms with Crippen LogP contribution in [0.4, 0.5) is 13.2 Å². The van der Waals surface area contributed by atoms with Gasteiger partial charge in [-0.25, -0.2) is 0 Å². The molecular formula is C19H19F3N2O3. The standard InChI is InChI=1S/C19H19F3N2O3/c1-13(25)23-11-14-3-7-16(8-4-14)18(26)24(2)12-15-5-9-17(10-6-15)27-19(20,21)22/h3-10H,11-12H2,1-2H3,(H,23,25). The number of nitrogens with one attached hydrogen (secondary N) is 1. The first-order chi connectivity index (χ1) is 12.6. The van der Waals surface area contributed by atoms with E-state index in [0.29, 0.717) is 17.7 Å². The lowest BCUT2D eigenvalue weighted by atomic mass is 10.1. The number of carbonyl (C=O) groups excluding carboxylic acids is 2. The number of carbonyl (C=O) groups is 2. The van der Waals surface area contributed by atoms with Crippen LogP contribution in [0.5, 0.6) is 5.75 Å². The highest BCUT2D eigenvalue weighted by Gasteiger charge is 2.30. The average Bonchev–Trinajstić information content (AvgIpc) is 2.60. The zero-order chi connectivity index (χ0) is 20.0. The SMILES string of the molecule is CC(=O)NCc1ccc(C(=O)N(C)Cc2ccc(OC(F)(F)F)cc2)cc1. The molecule has 1 N–H and O–H groups in total. The van der Waals surface area contributed by atoms with Crippen molar-refractivity contribution >= 4 is 11.8 Å². The molecule has 2 aromatic rings. The number of halogens is 3. The van der Waals surface area contributed by atoms with Crippen molar-refractivity contribution in [3.05, 3.63) is 65.2 Å². The summed E-state index contributed by atoms with van der Waals surface area (Å²) in [4.78, 5) is 24.8. The second-order valence-corrected chi connectivity index (χ2v) is 5.96. The number of rotatable bonds is 6. The molecule has 2 rings (SSSR count). The largest absolute Gasteiger partial charge is 0.573 e. The van der Waals surface area contributed by atoms with Crippen LogP contribution in [0.2, 0.25) is 0 Å². The van der Waals surface area contributed by atoms with Gasteiger partial charge in [-0.2, -0.15) is 0 Å². The molecule has 0 atom stereocenters. The van der Waals surface area contributed by atoms with Crippen molar-refractivity contribution in [1.82, 2.24) is 10.2 Å². The summed E-state index contributed by atoms with van der Waals surface area (Å²) in [5, 5.41) is 2.67. The van der Waals surface area contributed by atoms with Crippen molar-refractivity contribution < 1.29 is 27.5 Å². The summed E-state index contributed by atoms with van der Waals surface area (Å²) in [5.74, 6) is -0.673. The second kappa shape index (κ2) is 8.57. The van der Waals surface area contributed by atoms with Crippen LogP contribution in [0.25, 0.3) is 0 Å². The number of nitrogens with zero attached hydrogens (tertiary/aromatic N) is 1. The van der Waals surface area contributed by atoms with Crippen molar-refractivity contribution in [2.45, 2.75) is 26.4 Å². The zero-order valence-electron chi connectivity index (χ0n) is 14.8. The van der Waals surface area contributed by atoms with Crippen molar-refractivity contribution in [3.63, 3.8) is 0 Å². The van der Waals surface area contributed by atoms with E-state index >= 15 is 0 Å². The Hall–Kier alpha value is -3.03. The fourth-order valence-electron chi connectivity index (χ4n) is 2.35. The van der Waals surface area contributed by atoms with E-state index in [9.17, 15) is 22.8 Å². The van der Waals surface area contributed by atoms with Gasteiger partial charge in [-0.3, -0.25) is 9.59 Å². The predicted octanol–water partition coefficient (Wildman–Crippen LogP) is 3.49. The van der Waals surface area contributed by atoms with Gasteiger partial charge in [-0.05, 0) is 35.4 Å². The maximum atomic E-state index is 12.5. The summed E-state index contributed by atoms with van der Waals surface area (Å²) in [7, 11) is 1.60. The minimum Gasteiger partial charge on any atom is -0.406 e. The Morgan fingerprint density at radius 2 is 1.56 bits per heavy atom. The van der Waals surface area contributed by atoms with E-state index in [0.717, 1.165) is 5.56 Å². The van der Waals surface area contributed by atoms with Crippen LogP contribution in [0, 0.1) is 0 Å². The lowest BCUT2D eigenvalue weighted by Gasteiger charge is -2.18. The van der Waals surface area contributed by atoms with Crippen molar-refractivity contribution in [2.75, 3.05) is 7.05 Å². The molecule has 0 fully saturated rings. The van der Waals surface area contributed by atoms with Gasteiger partial charge in [-0.1, -0.05) is 24.3 Å². The number of hydrogen-bond acceptors (Lipinski definition) is 3. The van der Waals surface area contributed by atoms with Gasteiger partial charge in [0.1, 0.15) is 5.75 Å². The first-order valence-corrected chi connectivity index (χ1v) is 8.07. The maximum Gasteiger partial charge on any atom is 0.573 e. The van der Waals surface area contributed by atoms with E-state index in [2.05, 4.69) is 10.1 Å². The molecule has 0 aliphatic heterocycles. The average molecular weight is 380 g/mol. The Morgan fingerprint density at radius 1 is 1.00 bits per heavy atom. The van der Waals surface area contributed by atoms with Crippen LogP contribution in [0.3, 0.4) is 0 Å². The van der Waals surface area contributed by atoms with Crippen molar-refractivity contribution in [2.24, 2.45) is 0 Å². The third-order valence-corrected chi connectivity index (χ3v) is 3.67. The highest BCUT2D eigenvalue weighted by molar-refractivity contribution is 5.94. The molecule has 0 spiro atoms. The minimum atomic E-state index is -4.74. The smallest absolute Gasteiger partial charge is 0.406 e. The normalized spacial score (nSPS) is 11.0. The molecule has 0 heterocycles. The first kappa shape index (κ1) is 20.3. The third kappa shape index (κ3) is 6.65. The van der Waals surface area contributed by atoms with Gasteiger partial charge in [0.15, 0.2) is 0 Å². The van der Waals surface area contributed by atoms with E-state index in [1.54, 1.807) is 31.3 Å². The van der Waals surface area contributed by atoms with Crippen LogP contribution in [0.15, 0.2) is 48.5 Å². The third-order valence-electron chi connectivity index (χ3n) is 3.67. The Balaban J connectivity index is 1.95. The lowest BCUT2D eigenvalue weighted by molar-refractivity contribution is -0.274. The Labute approximate surface area is 154 Å². The molecule has 0 radical (unpaired) electrons. The van der Waals surface area contributed by atoms with E-state index < -0.39 is 6.36 Å². The molecule has 0 aliphatic carbocycles. The molecular weight excluding hydrogens is 361 g/mol. The number of ether oxygens (including phenoxy) is 1. The highest BCUT2D eigenvalue weighted by Crippen LogP contribution is 2.23. The first-order valence-electron chi connectivity index (χ1n) is 8.07.